The Kier molecular flexibility index (Phi) is 5.36. The summed E-state index contributed by atoms with van der Waals surface area (Å²) in [6.45, 7) is 0.409. The van der Waals surface area contributed by atoms with Crippen LogP contribution >= 0.6 is 0 Å². The second-order valence-electron chi connectivity index (χ2n) is 5.26. The van der Waals surface area contributed by atoms with E-state index in [2.05, 4.69) is 4.74 Å². The van der Waals surface area contributed by atoms with Gasteiger partial charge >= 0.3 is 5.97 Å². The van der Waals surface area contributed by atoms with E-state index in [1.54, 1.807) is 4.31 Å². The molecule has 0 aliphatic heterocycles. The Morgan fingerprint density at radius 2 is 1.95 bits per heavy atom. The first-order valence-electron chi connectivity index (χ1n) is 7.13. The molecule has 0 aromatic heterocycles. The highest BCUT2D eigenvalue weighted by atomic mass is 32.2. The number of ether oxygens (including phenoxy) is 1. The van der Waals surface area contributed by atoms with Crippen molar-refractivity contribution in [3.8, 4) is 0 Å². The zero-order valence-corrected chi connectivity index (χ0v) is 13.0. The number of methoxy groups -OCH3 is 1. The molecule has 1 aromatic rings. The van der Waals surface area contributed by atoms with Crippen LogP contribution in [0.25, 0.3) is 0 Å². The van der Waals surface area contributed by atoms with Crippen molar-refractivity contribution >= 4 is 16.0 Å². The Balaban J connectivity index is 1.98. The number of nitrogens with zero attached hydrogens (tertiary/aromatic N) is 1. The molecule has 1 aliphatic carbocycles. The summed E-state index contributed by atoms with van der Waals surface area (Å²) in [5.41, 5.74) is 0.987. The molecule has 1 aliphatic rings. The maximum atomic E-state index is 12.5. The van der Waals surface area contributed by atoms with E-state index in [1.807, 2.05) is 30.3 Å². The summed E-state index contributed by atoms with van der Waals surface area (Å²) in [5.74, 6) is -0.378. The van der Waals surface area contributed by atoms with E-state index in [1.165, 1.54) is 7.11 Å². The Hall–Kier alpha value is -1.40. The number of carbonyl (C=O) groups is 1. The monoisotopic (exact) mass is 311 g/mol. The van der Waals surface area contributed by atoms with Gasteiger partial charge < -0.3 is 4.74 Å². The van der Waals surface area contributed by atoms with Crippen molar-refractivity contribution in [1.82, 2.24) is 4.31 Å². The lowest BCUT2D eigenvalue weighted by Crippen LogP contribution is -2.34. The van der Waals surface area contributed by atoms with Gasteiger partial charge in [0.2, 0.25) is 10.0 Å². The SMILES string of the molecule is COC(=O)CCCS(=O)(=O)N(Cc1ccccc1)C1CC1. The largest absolute Gasteiger partial charge is 0.469 e. The Labute approximate surface area is 126 Å². The van der Waals surface area contributed by atoms with Gasteiger partial charge in [0.1, 0.15) is 0 Å². The molecule has 0 spiro atoms. The van der Waals surface area contributed by atoms with Crippen molar-refractivity contribution in [3.05, 3.63) is 35.9 Å². The Bertz CT molecular complexity index is 567. The maximum Gasteiger partial charge on any atom is 0.305 e. The van der Waals surface area contributed by atoms with E-state index >= 15 is 0 Å². The molecular formula is C15H21NO4S. The van der Waals surface area contributed by atoms with Crippen LogP contribution in [0.3, 0.4) is 0 Å². The molecule has 6 heteroatoms. The van der Waals surface area contributed by atoms with E-state index in [9.17, 15) is 13.2 Å². The van der Waals surface area contributed by atoms with Crippen LogP contribution in [0.4, 0.5) is 0 Å². The standard InChI is InChI=1S/C15H21NO4S/c1-20-15(17)8-5-11-21(18,19)16(14-9-10-14)12-13-6-3-2-4-7-13/h2-4,6-7,14H,5,8-12H2,1H3. The van der Waals surface area contributed by atoms with Gasteiger partial charge in [-0.15, -0.1) is 0 Å². The fourth-order valence-corrected chi connectivity index (χ4v) is 3.95. The second-order valence-corrected chi connectivity index (χ2v) is 7.30. The first kappa shape index (κ1) is 16.0. The van der Waals surface area contributed by atoms with Gasteiger partial charge in [-0.25, -0.2) is 8.42 Å². The molecule has 1 aromatic carbocycles. The third-order valence-corrected chi connectivity index (χ3v) is 5.45. The number of sulfonamides is 1. The summed E-state index contributed by atoms with van der Waals surface area (Å²) in [5, 5.41) is 0. The lowest BCUT2D eigenvalue weighted by Gasteiger charge is -2.22. The lowest BCUT2D eigenvalue weighted by molar-refractivity contribution is -0.140. The molecule has 0 bridgehead atoms. The van der Waals surface area contributed by atoms with Crippen LogP contribution in [0, 0.1) is 0 Å². The van der Waals surface area contributed by atoms with Gasteiger partial charge in [0.25, 0.3) is 0 Å². The Morgan fingerprint density at radius 3 is 2.52 bits per heavy atom. The minimum Gasteiger partial charge on any atom is -0.469 e. The summed E-state index contributed by atoms with van der Waals surface area (Å²) in [6, 6.07) is 9.71. The van der Waals surface area contributed by atoms with Crippen LogP contribution in [0.15, 0.2) is 30.3 Å². The number of hydrogen-bond acceptors (Lipinski definition) is 4. The predicted molar refractivity (Wildman–Crippen MR) is 80.0 cm³/mol. The van der Waals surface area contributed by atoms with Crippen LogP contribution in [-0.2, 0) is 26.1 Å². The van der Waals surface area contributed by atoms with Crippen LogP contribution < -0.4 is 0 Å². The van der Waals surface area contributed by atoms with Gasteiger partial charge in [0.05, 0.1) is 12.9 Å². The van der Waals surface area contributed by atoms with Gasteiger partial charge in [-0.3, -0.25) is 4.79 Å². The first-order chi connectivity index (χ1) is 10.0. The summed E-state index contributed by atoms with van der Waals surface area (Å²) >= 11 is 0. The topological polar surface area (TPSA) is 63.7 Å². The number of carbonyl (C=O) groups excluding carboxylic acids is 1. The van der Waals surface area contributed by atoms with E-state index in [0.717, 1.165) is 18.4 Å². The zero-order chi connectivity index (χ0) is 15.3. The molecule has 0 N–H and O–H groups in total. The summed E-state index contributed by atoms with van der Waals surface area (Å²) < 4.78 is 31.0. The van der Waals surface area contributed by atoms with Gasteiger partial charge in [0, 0.05) is 19.0 Å². The molecule has 0 unspecified atom stereocenters. The number of hydrogen-bond donors (Lipinski definition) is 0. The van der Waals surface area contributed by atoms with E-state index in [0.29, 0.717) is 13.0 Å². The molecule has 5 nitrogen and oxygen atoms in total. The van der Waals surface area contributed by atoms with Gasteiger partial charge in [0.15, 0.2) is 0 Å². The van der Waals surface area contributed by atoms with E-state index in [4.69, 9.17) is 0 Å². The molecule has 1 saturated carbocycles. The molecule has 0 atom stereocenters. The first-order valence-corrected chi connectivity index (χ1v) is 8.74. The highest BCUT2D eigenvalue weighted by Gasteiger charge is 2.36. The van der Waals surface area contributed by atoms with E-state index < -0.39 is 10.0 Å². The molecule has 0 amide bonds. The third kappa shape index (κ3) is 4.82. The predicted octanol–water partition coefficient (Wildman–Crippen LogP) is 1.93. The average molecular weight is 311 g/mol. The fourth-order valence-electron chi connectivity index (χ4n) is 2.20. The van der Waals surface area contributed by atoms with Crippen molar-refractivity contribution in [1.29, 1.82) is 0 Å². The lowest BCUT2D eigenvalue weighted by atomic mass is 10.2. The van der Waals surface area contributed by atoms with Gasteiger partial charge in [-0.05, 0) is 24.8 Å². The van der Waals surface area contributed by atoms with Gasteiger partial charge in [-0.2, -0.15) is 4.31 Å². The third-order valence-electron chi connectivity index (χ3n) is 3.50. The number of rotatable bonds is 8. The molecule has 0 heterocycles. The number of esters is 1. The highest BCUT2D eigenvalue weighted by molar-refractivity contribution is 7.89. The van der Waals surface area contributed by atoms with Crippen LogP contribution in [0.1, 0.15) is 31.2 Å². The van der Waals surface area contributed by atoms with Crippen LogP contribution in [0.2, 0.25) is 0 Å². The Morgan fingerprint density at radius 1 is 1.29 bits per heavy atom. The van der Waals surface area contributed by atoms with Crippen molar-refractivity contribution in [3.63, 3.8) is 0 Å². The van der Waals surface area contributed by atoms with Crippen molar-refractivity contribution < 1.29 is 17.9 Å². The van der Waals surface area contributed by atoms with Crippen LogP contribution in [-0.4, -0.2) is 37.6 Å². The minimum atomic E-state index is -3.34. The van der Waals surface area contributed by atoms with Crippen molar-refractivity contribution in [2.45, 2.75) is 38.3 Å². The molecular weight excluding hydrogens is 290 g/mol. The van der Waals surface area contributed by atoms with E-state index in [-0.39, 0.29) is 24.2 Å². The second kappa shape index (κ2) is 7.04. The smallest absolute Gasteiger partial charge is 0.305 e. The molecule has 21 heavy (non-hydrogen) atoms. The summed E-state index contributed by atoms with van der Waals surface area (Å²) in [4.78, 5) is 11.1. The molecule has 0 radical (unpaired) electrons. The highest BCUT2D eigenvalue weighted by Crippen LogP contribution is 2.31. The molecule has 116 valence electrons. The van der Waals surface area contributed by atoms with Crippen molar-refractivity contribution in [2.75, 3.05) is 12.9 Å². The zero-order valence-electron chi connectivity index (χ0n) is 12.2. The molecule has 2 rings (SSSR count). The minimum absolute atomic E-state index is 0.00850. The number of benzene rings is 1. The van der Waals surface area contributed by atoms with Gasteiger partial charge in [-0.1, -0.05) is 30.3 Å². The average Bonchev–Trinajstić information content (AvgIpc) is 3.29. The molecule has 0 saturated heterocycles. The van der Waals surface area contributed by atoms with Crippen molar-refractivity contribution in [2.24, 2.45) is 0 Å². The summed E-state index contributed by atoms with van der Waals surface area (Å²) in [7, 11) is -2.03. The fraction of sp³-hybridized carbons (Fsp3) is 0.533. The molecule has 1 fully saturated rings. The maximum absolute atomic E-state index is 12.5. The summed E-state index contributed by atoms with van der Waals surface area (Å²) in [6.07, 6.45) is 2.28. The normalized spacial score (nSPS) is 15.1. The van der Waals surface area contributed by atoms with Crippen LogP contribution in [0.5, 0.6) is 0 Å². The quantitative estimate of drug-likeness (QED) is 0.688.